The first kappa shape index (κ1) is 18.6. The van der Waals surface area contributed by atoms with Crippen LogP contribution in [-0.2, 0) is 12.8 Å². The minimum atomic E-state index is -4.44. The van der Waals surface area contributed by atoms with Gasteiger partial charge in [-0.2, -0.15) is 29.5 Å². The SMILES string of the molecule is Cc1cc(Oc2cccc(C(F)(F)F)c2)nc(OCc2ccsc2)c1S. The predicted molar refractivity (Wildman–Crippen MR) is 96.4 cm³/mol. The number of halogens is 3. The van der Waals surface area contributed by atoms with Crippen molar-refractivity contribution in [1.29, 1.82) is 0 Å². The number of rotatable bonds is 5. The van der Waals surface area contributed by atoms with Crippen molar-refractivity contribution in [2.24, 2.45) is 0 Å². The molecule has 0 saturated carbocycles. The second kappa shape index (κ2) is 7.59. The van der Waals surface area contributed by atoms with Crippen LogP contribution in [0.2, 0.25) is 0 Å². The summed E-state index contributed by atoms with van der Waals surface area (Å²) in [4.78, 5) is 4.77. The summed E-state index contributed by atoms with van der Waals surface area (Å²) in [5.41, 5.74) is 0.948. The number of alkyl halides is 3. The maximum absolute atomic E-state index is 12.8. The van der Waals surface area contributed by atoms with Gasteiger partial charge >= 0.3 is 6.18 Å². The van der Waals surface area contributed by atoms with Crippen LogP contribution < -0.4 is 9.47 Å². The number of pyridine rings is 1. The van der Waals surface area contributed by atoms with Crippen molar-refractivity contribution >= 4 is 24.0 Å². The average Bonchev–Trinajstić information content (AvgIpc) is 3.10. The smallest absolute Gasteiger partial charge is 0.416 e. The number of ether oxygens (including phenoxy) is 2. The summed E-state index contributed by atoms with van der Waals surface area (Å²) in [6.07, 6.45) is -4.44. The lowest BCUT2D eigenvalue weighted by atomic mass is 10.2. The lowest BCUT2D eigenvalue weighted by molar-refractivity contribution is -0.137. The maximum atomic E-state index is 12.8. The Morgan fingerprint density at radius 3 is 2.69 bits per heavy atom. The summed E-state index contributed by atoms with van der Waals surface area (Å²) >= 11 is 5.94. The van der Waals surface area contributed by atoms with E-state index in [0.717, 1.165) is 23.3 Å². The Morgan fingerprint density at radius 2 is 2.00 bits per heavy atom. The molecule has 0 fully saturated rings. The van der Waals surface area contributed by atoms with Gasteiger partial charge in [-0.15, -0.1) is 12.6 Å². The minimum Gasteiger partial charge on any atom is -0.472 e. The molecule has 2 aromatic heterocycles. The quantitative estimate of drug-likeness (QED) is 0.526. The van der Waals surface area contributed by atoms with Gasteiger partial charge in [-0.05, 0) is 47.5 Å². The minimum absolute atomic E-state index is 0.0439. The van der Waals surface area contributed by atoms with Gasteiger partial charge in [0.15, 0.2) is 0 Å². The third-order valence-corrected chi connectivity index (χ3v) is 4.74. The molecule has 0 unspecified atom stereocenters. The van der Waals surface area contributed by atoms with E-state index in [4.69, 9.17) is 9.47 Å². The Bertz CT molecular complexity index is 896. The molecule has 3 rings (SSSR count). The zero-order chi connectivity index (χ0) is 18.7. The fourth-order valence-corrected chi connectivity index (χ4v) is 2.98. The molecule has 2 heterocycles. The van der Waals surface area contributed by atoms with Gasteiger partial charge in [0.25, 0.3) is 0 Å². The van der Waals surface area contributed by atoms with Crippen LogP contribution in [0.15, 0.2) is 52.1 Å². The van der Waals surface area contributed by atoms with E-state index < -0.39 is 11.7 Å². The summed E-state index contributed by atoms with van der Waals surface area (Å²) in [6, 6.07) is 8.16. The van der Waals surface area contributed by atoms with E-state index in [-0.39, 0.29) is 17.5 Å². The summed E-state index contributed by atoms with van der Waals surface area (Å²) in [6.45, 7) is 2.11. The van der Waals surface area contributed by atoms with E-state index in [1.165, 1.54) is 12.1 Å². The number of aryl methyl sites for hydroxylation is 1. The van der Waals surface area contributed by atoms with Crippen molar-refractivity contribution in [1.82, 2.24) is 4.98 Å². The van der Waals surface area contributed by atoms with Crippen LogP contribution in [0.5, 0.6) is 17.5 Å². The first-order valence-corrected chi connectivity index (χ1v) is 8.91. The molecule has 1 aromatic carbocycles. The van der Waals surface area contributed by atoms with Crippen LogP contribution in [0.3, 0.4) is 0 Å². The number of benzene rings is 1. The molecule has 0 saturated heterocycles. The van der Waals surface area contributed by atoms with Gasteiger partial charge < -0.3 is 9.47 Å². The van der Waals surface area contributed by atoms with Crippen LogP contribution in [0.1, 0.15) is 16.7 Å². The predicted octanol–water partition coefficient (Wildman–Crippen LogP) is 6.13. The largest absolute Gasteiger partial charge is 0.472 e. The molecule has 0 N–H and O–H groups in total. The molecular formula is C18H14F3NO2S2. The van der Waals surface area contributed by atoms with Gasteiger partial charge in [-0.1, -0.05) is 6.07 Å². The maximum Gasteiger partial charge on any atom is 0.416 e. The molecule has 0 atom stereocenters. The van der Waals surface area contributed by atoms with Crippen molar-refractivity contribution < 1.29 is 22.6 Å². The van der Waals surface area contributed by atoms with Gasteiger partial charge in [0.2, 0.25) is 11.8 Å². The third-order valence-electron chi connectivity index (χ3n) is 3.47. The number of thiol groups is 1. The second-order valence-electron chi connectivity index (χ2n) is 5.48. The second-order valence-corrected chi connectivity index (χ2v) is 6.71. The van der Waals surface area contributed by atoms with Crippen LogP contribution in [0, 0.1) is 6.92 Å². The Hall–Kier alpha value is -2.19. The molecule has 0 spiro atoms. The van der Waals surface area contributed by atoms with Gasteiger partial charge in [-0.3, -0.25) is 0 Å². The fraction of sp³-hybridized carbons (Fsp3) is 0.167. The number of nitrogens with zero attached hydrogens (tertiary/aromatic N) is 1. The van der Waals surface area contributed by atoms with Crippen molar-refractivity contribution in [3.05, 3.63) is 63.8 Å². The molecule has 0 aliphatic rings. The van der Waals surface area contributed by atoms with E-state index in [9.17, 15) is 13.2 Å². The van der Waals surface area contributed by atoms with E-state index in [2.05, 4.69) is 17.6 Å². The highest BCUT2D eigenvalue weighted by Gasteiger charge is 2.30. The zero-order valence-electron chi connectivity index (χ0n) is 13.6. The van der Waals surface area contributed by atoms with Gasteiger partial charge in [0.1, 0.15) is 12.4 Å². The molecule has 3 nitrogen and oxygen atoms in total. The van der Waals surface area contributed by atoms with Gasteiger partial charge in [0, 0.05) is 11.6 Å². The highest BCUT2D eigenvalue weighted by atomic mass is 32.1. The van der Waals surface area contributed by atoms with Crippen LogP contribution >= 0.6 is 24.0 Å². The lowest BCUT2D eigenvalue weighted by Gasteiger charge is -2.13. The first-order chi connectivity index (χ1) is 12.3. The average molecular weight is 397 g/mol. The van der Waals surface area contributed by atoms with E-state index in [1.807, 2.05) is 16.8 Å². The van der Waals surface area contributed by atoms with Crippen molar-refractivity contribution in [3.63, 3.8) is 0 Å². The molecule has 26 heavy (non-hydrogen) atoms. The number of hydrogen-bond acceptors (Lipinski definition) is 5. The van der Waals surface area contributed by atoms with Crippen LogP contribution in [0.4, 0.5) is 13.2 Å². The Morgan fingerprint density at radius 1 is 1.19 bits per heavy atom. The molecule has 8 heteroatoms. The highest BCUT2D eigenvalue weighted by molar-refractivity contribution is 7.80. The Balaban J connectivity index is 1.82. The van der Waals surface area contributed by atoms with Crippen LogP contribution in [-0.4, -0.2) is 4.98 Å². The monoisotopic (exact) mass is 397 g/mol. The fourth-order valence-electron chi connectivity index (χ4n) is 2.14. The number of hydrogen-bond donors (Lipinski definition) is 1. The summed E-state index contributed by atoms with van der Waals surface area (Å²) in [7, 11) is 0. The van der Waals surface area contributed by atoms with E-state index in [1.54, 1.807) is 24.3 Å². The Kier molecular flexibility index (Phi) is 5.43. The molecule has 0 aliphatic carbocycles. The topological polar surface area (TPSA) is 31.4 Å². The molecule has 0 bridgehead atoms. The van der Waals surface area contributed by atoms with Crippen molar-refractivity contribution in [2.75, 3.05) is 0 Å². The summed E-state index contributed by atoms with van der Waals surface area (Å²) in [5, 5.41) is 3.89. The Labute approximate surface area is 157 Å². The summed E-state index contributed by atoms with van der Waals surface area (Å²) < 4.78 is 49.6. The summed E-state index contributed by atoms with van der Waals surface area (Å²) in [5.74, 6) is 0.448. The zero-order valence-corrected chi connectivity index (χ0v) is 15.3. The normalized spacial score (nSPS) is 11.4. The van der Waals surface area contributed by atoms with Crippen LogP contribution in [0.25, 0.3) is 0 Å². The molecule has 136 valence electrons. The molecule has 3 aromatic rings. The van der Waals surface area contributed by atoms with Gasteiger partial charge in [-0.25, -0.2) is 0 Å². The van der Waals surface area contributed by atoms with Crippen molar-refractivity contribution in [2.45, 2.75) is 24.6 Å². The standard InChI is InChI=1S/C18H14F3NO2S2/c1-11-7-15(24-14-4-2-3-13(8-14)18(19,20)21)22-17(16(11)25)23-9-12-5-6-26-10-12/h2-8,10,25H,9H2,1H3. The van der Waals surface area contributed by atoms with Gasteiger partial charge in [0.05, 0.1) is 10.5 Å². The highest BCUT2D eigenvalue weighted by Crippen LogP contribution is 2.34. The number of thiophene rings is 1. The molecule has 0 amide bonds. The number of aromatic nitrogens is 1. The first-order valence-electron chi connectivity index (χ1n) is 7.52. The molecule has 0 radical (unpaired) electrons. The molecular weight excluding hydrogens is 383 g/mol. The third kappa shape index (κ3) is 4.50. The van der Waals surface area contributed by atoms with E-state index >= 15 is 0 Å². The van der Waals surface area contributed by atoms with E-state index in [0.29, 0.717) is 11.5 Å². The van der Waals surface area contributed by atoms with Crippen molar-refractivity contribution in [3.8, 4) is 17.5 Å². The molecule has 0 aliphatic heterocycles. The lowest BCUT2D eigenvalue weighted by Crippen LogP contribution is -2.04.